The molecule has 0 saturated carbocycles. The van der Waals surface area contributed by atoms with Crippen LogP contribution in [0.4, 0.5) is 0 Å². The van der Waals surface area contributed by atoms with E-state index in [0.29, 0.717) is 0 Å². The first-order valence-corrected chi connectivity index (χ1v) is 21.7. The Hall–Kier alpha value is -5.44. The Bertz CT molecular complexity index is 3240. The smallest absolute Gasteiger partial charge is 0.0711 e. The third-order valence-electron chi connectivity index (χ3n) is 10.7. The molecule has 7 heteroatoms. The molecule has 0 aliphatic carbocycles. The van der Waals surface area contributed by atoms with E-state index in [4.69, 9.17) is 0 Å². The van der Waals surface area contributed by atoms with Crippen molar-refractivity contribution in [1.29, 1.82) is 0 Å². The first-order valence-electron chi connectivity index (χ1n) is 17.7. The molecule has 0 fully saturated rings. The van der Waals surface area contributed by atoms with Crippen molar-refractivity contribution in [3.63, 3.8) is 0 Å². The molecule has 1 unspecified atom stereocenters. The molecule has 252 valence electrons. The Morgan fingerprint density at radius 2 is 1.06 bits per heavy atom. The summed E-state index contributed by atoms with van der Waals surface area (Å²) in [6.45, 7) is 0. The van der Waals surface area contributed by atoms with Crippen LogP contribution in [0.25, 0.3) is 80.0 Å². The van der Waals surface area contributed by atoms with Crippen molar-refractivity contribution in [2.24, 2.45) is 0 Å². The Balaban J connectivity index is 1.04. The number of nitrogens with zero attached hydrogens (tertiary/aromatic N) is 3. The average molecular weight is 752 g/mol. The summed E-state index contributed by atoms with van der Waals surface area (Å²) >= 11 is 5.63. The van der Waals surface area contributed by atoms with E-state index in [9.17, 15) is 0 Å². The van der Waals surface area contributed by atoms with Crippen LogP contribution >= 0.6 is 44.5 Å². The number of fused-ring (bicyclic) bond motifs is 9. The van der Waals surface area contributed by atoms with Crippen molar-refractivity contribution in [1.82, 2.24) is 13.7 Å². The molecule has 0 saturated heterocycles. The SMILES string of the molecule is C1=S(c2ccc3c(c2)c2cc(-c4cc5c(s4)c4sccc4n5-c4ccccc4)ccc2n3-c2ccccc2)Cc2c1n(-c1ccccc1)c1ccsc21. The minimum absolute atomic E-state index is 0.0393. The Morgan fingerprint density at radius 1 is 0.472 bits per heavy atom. The Labute approximate surface area is 319 Å². The van der Waals surface area contributed by atoms with E-state index in [0.717, 1.165) is 5.75 Å². The lowest BCUT2D eigenvalue weighted by atomic mass is 10.1. The summed E-state index contributed by atoms with van der Waals surface area (Å²) in [5.41, 5.74) is 14.1. The summed E-state index contributed by atoms with van der Waals surface area (Å²) in [6.07, 6.45) is 0. The molecule has 1 atom stereocenters. The fourth-order valence-electron chi connectivity index (χ4n) is 8.35. The maximum Gasteiger partial charge on any atom is 0.0711 e. The fraction of sp³-hybridized carbons (Fsp3) is 0.0217. The minimum atomic E-state index is -0.0393. The zero-order valence-corrected chi connectivity index (χ0v) is 31.5. The van der Waals surface area contributed by atoms with Crippen LogP contribution in [0.15, 0.2) is 161 Å². The molecular formula is C46H29N3S4. The van der Waals surface area contributed by atoms with Crippen LogP contribution in [0.1, 0.15) is 11.3 Å². The molecule has 12 rings (SSSR count). The van der Waals surface area contributed by atoms with Crippen molar-refractivity contribution in [2.45, 2.75) is 10.6 Å². The second-order valence-electron chi connectivity index (χ2n) is 13.6. The van der Waals surface area contributed by atoms with Gasteiger partial charge in [0.2, 0.25) is 0 Å². The highest BCUT2D eigenvalue weighted by molar-refractivity contribution is 8.15. The van der Waals surface area contributed by atoms with Gasteiger partial charge in [0, 0.05) is 48.9 Å². The molecule has 0 bridgehead atoms. The topological polar surface area (TPSA) is 14.8 Å². The lowest BCUT2D eigenvalue weighted by molar-refractivity contribution is 1.11. The molecule has 6 aromatic heterocycles. The second kappa shape index (κ2) is 11.5. The number of hydrogen-bond acceptors (Lipinski definition) is 3. The van der Waals surface area contributed by atoms with Gasteiger partial charge in [-0.2, -0.15) is 0 Å². The van der Waals surface area contributed by atoms with Crippen LogP contribution in [0.2, 0.25) is 0 Å². The van der Waals surface area contributed by atoms with Gasteiger partial charge in [-0.3, -0.25) is 0 Å². The third-order valence-corrected chi connectivity index (χ3v) is 15.8. The van der Waals surface area contributed by atoms with Crippen molar-refractivity contribution in [3.05, 3.63) is 168 Å². The number of aromatic nitrogens is 3. The van der Waals surface area contributed by atoms with Gasteiger partial charge < -0.3 is 13.7 Å². The van der Waals surface area contributed by atoms with Gasteiger partial charge in [0.1, 0.15) is 0 Å². The molecule has 0 spiro atoms. The molecular weight excluding hydrogens is 723 g/mol. The van der Waals surface area contributed by atoms with Gasteiger partial charge in [0.25, 0.3) is 0 Å². The first kappa shape index (κ1) is 30.1. The van der Waals surface area contributed by atoms with Crippen LogP contribution in [-0.2, 0) is 5.75 Å². The maximum absolute atomic E-state index is 2.54. The lowest BCUT2D eigenvalue weighted by Gasteiger charge is -2.09. The molecule has 1 aliphatic heterocycles. The maximum atomic E-state index is 2.54. The molecule has 53 heavy (non-hydrogen) atoms. The molecule has 0 radical (unpaired) electrons. The number of benzene rings is 5. The summed E-state index contributed by atoms with van der Waals surface area (Å²) in [5.74, 6) is 1.05. The summed E-state index contributed by atoms with van der Waals surface area (Å²) < 4.78 is 11.5. The van der Waals surface area contributed by atoms with Gasteiger partial charge in [-0.1, -0.05) is 60.7 Å². The predicted molar refractivity (Wildman–Crippen MR) is 232 cm³/mol. The van der Waals surface area contributed by atoms with Gasteiger partial charge in [0.05, 0.1) is 47.4 Å². The Morgan fingerprint density at radius 3 is 1.75 bits per heavy atom. The summed E-state index contributed by atoms with van der Waals surface area (Å²) in [7, 11) is -0.0393. The van der Waals surface area contributed by atoms with Gasteiger partial charge in [-0.05, 0) is 107 Å². The van der Waals surface area contributed by atoms with Gasteiger partial charge in [0.15, 0.2) is 0 Å². The van der Waals surface area contributed by atoms with E-state index in [1.165, 1.54) is 96.1 Å². The summed E-state index contributed by atoms with van der Waals surface area (Å²) in [6, 6.07) is 53.7. The van der Waals surface area contributed by atoms with Crippen molar-refractivity contribution < 1.29 is 0 Å². The molecule has 0 N–H and O–H groups in total. The van der Waals surface area contributed by atoms with Crippen LogP contribution < -0.4 is 0 Å². The lowest BCUT2D eigenvalue weighted by Crippen LogP contribution is -1.98. The zero-order valence-electron chi connectivity index (χ0n) is 28.3. The number of para-hydroxylation sites is 3. The minimum Gasteiger partial charge on any atom is -0.309 e. The van der Waals surface area contributed by atoms with Crippen molar-refractivity contribution in [3.8, 4) is 27.5 Å². The molecule has 0 amide bonds. The molecule has 5 aromatic carbocycles. The summed E-state index contributed by atoms with van der Waals surface area (Å²) in [4.78, 5) is 2.70. The predicted octanol–water partition coefficient (Wildman–Crippen LogP) is 13.7. The highest BCUT2D eigenvalue weighted by Gasteiger charge is 2.25. The molecule has 11 aromatic rings. The first-order chi connectivity index (χ1) is 26.3. The second-order valence-corrected chi connectivity index (χ2v) is 18.3. The largest absolute Gasteiger partial charge is 0.309 e. The standard InChI is InChI=1S/C46H29N3S4/c1-4-10-30(11-5-1)47-37-18-16-29(43-26-41-46(52-43)45-40(21-23-51-45)48(41)31-12-6-2-7-13-31)24-34(37)35-25-33(17-19-38(35)47)53-27-36-42(28-53)49(32-14-8-3-9-15-32)39-20-22-50-44(36)39/h1-26,28H,27H2. The van der Waals surface area contributed by atoms with Crippen molar-refractivity contribution >= 4 is 102 Å². The number of hydrogen-bond donors (Lipinski definition) is 0. The average Bonchev–Trinajstić information content (AvgIpc) is 4.06. The van der Waals surface area contributed by atoms with Crippen LogP contribution in [0, 0.1) is 0 Å². The van der Waals surface area contributed by atoms with E-state index >= 15 is 0 Å². The van der Waals surface area contributed by atoms with Crippen molar-refractivity contribution in [2.75, 3.05) is 0 Å². The van der Waals surface area contributed by atoms with E-state index in [-0.39, 0.29) is 10.5 Å². The van der Waals surface area contributed by atoms with Gasteiger partial charge in [-0.15, -0.1) is 44.5 Å². The fourth-order valence-corrected chi connectivity index (χ4v) is 13.6. The van der Waals surface area contributed by atoms with E-state index < -0.39 is 0 Å². The monoisotopic (exact) mass is 751 g/mol. The highest BCUT2D eigenvalue weighted by Crippen LogP contribution is 2.47. The molecule has 1 aliphatic rings. The van der Waals surface area contributed by atoms with Crippen LogP contribution in [-0.4, -0.2) is 19.1 Å². The molecule has 3 nitrogen and oxygen atoms in total. The van der Waals surface area contributed by atoms with Gasteiger partial charge in [-0.25, -0.2) is 0 Å². The zero-order chi connectivity index (χ0) is 34.6. The highest BCUT2D eigenvalue weighted by atomic mass is 32.2. The molecule has 7 heterocycles. The van der Waals surface area contributed by atoms with E-state index in [1.807, 2.05) is 34.0 Å². The quantitative estimate of drug-likeness (QED) is 0.156. The number of rotatable bonds is 5. The van der Waals surface area contributed by atoms with E-state index in [2.05, 4.69) is 175 Å². The van der Waals surface area contributed by atoms with Crippen LogP contribution in [0.5, 0.6) is 0 Å². The van der Waals surface area contributed by atoms with Crippen LogP contribution in [0.3, 0.4) is 0 Å². The van der Waals surface area contributed by atoms with E-state index in [1.54, 1.807) is 0 Å². The summed E-state index contributed by atoms with van der Waals surface area (Å²) in [5, 5.41) is 9.61. The van der Waals surface area contributed by atoms with Gasteiger partial charge >= 0.3 is 0 Å². The third kappa shape index (κ3) is 4.42. The Kier molecular flexibility index (Phi) is 6.54. The normalized spacial score (nSPS) is 14.3. The number of thiophene rings is 3.